The highest BCUT2D eigenvalue weighted by Crippen LogP contribution is 2.32. The number of hydrogen-bond donors (Lipinski definition) is 2. The maximum atomic E-state index is 13.7. The molecule has 21 heavy (non-hydrogen) atoms. The monoisotopic (exact) mass is 301 g/mol. The van der Waals surface area contributed by atoms with Crippen LogP contribution in [-0.2, 0) is 4.79 Å². The van der Waals surface area contributed by atoms with Gasteiger partial charge < -0.3 is 11.1 Å². The van der Waals surface area contributed by atoms with Crippen molar-refractivity contribution in [3.05, 3.63) is 33.9 Å². The Labute approximate surface area is 120 Å². The number of carbonyl (C=O) groups is 1. The Morgan fingerprint density at radius 2 is 1.95 bits per heavy atom. The molecule has 0 aromatic heterocycles. The third-order valence-electron chi connectivity index (χ3n) is 3.70. The molecule has 116 valence electrons. The predicted octanol–water partition coefficient (Wildman–Crippen LogP) is 2.58. The summed E-state index contributed by atoms with van der Waals surface area (Å²) in [5.41, 5.74) is 3.16. The van der Waals surface area contributed by atoms with Gasteiger partial charge in [-0.15, -0.1) is 0 Å². The van der Waals surface area contributed by atoms with Crippen molar-refractivity contribution >= 4 is 17.3 Å². The molecule has 6 nitrogen and oxygen atoms in total. The largest absolute Gasteiger partial charge is 0.329 e. The van der Waals surface area contributed by atoms with Crippen LogP contribution in [0.15, 0.2) is 12.1 Å². The minimum Gasteiger partial charge on any atom is -0.329 e. The number of nitro groups is 1. The summed E-state index contributed by atoms with van der Waals surface area (Å²) >= 11 is 0. The second-order valence-corrected chi connectivity index (χ2v) is 4.68. The summed E-state index contributed by atoms with van der Waals surface area (Å²) in [4.78, 5) is 22.2. The Morgan fingerprint density at radius 1 is 1.38 bits per heavy atom. The van der Waals surface area contributed by atoms with Crippen molar-refractivity contribution in [1.29, 1.82) is 0 Å². The smallest absolute Gasteiger partial charge is 0.298 e. The molecule has 1 amide bonds. The maximum Gasteiger partial charge on any atom is 0.298 e. The molecule has 3 N–H and O–H groups in total. The molecule has 1 rings (SSSR count). The fourth-order valence-electron chi connectivity index (χ4n) is 2.03. The van der Waals surface area contributed by atoms with E-state index in [1.807, 2.05) is 0 Å². The average Bonchev–Trinajstić information content (AvgIpc) is 2.43. The fourth-order valence-corrected chi connectivity index (χ4v) is 2.03. The minimum absolute atomic E-state index is 0.0163. The molecule has 0 spiro atoms. The van der Waals surface area contributed by atoms with Crippen molar-refractivity contribution in [3.63, 3.8) is 0 Å². The van der Waals surface area contributed by atoms with Gasteiger partial charge in [-0.3, -0.25) is 14.9 Å². The van der Waals surface area contributed by atoms with Crippen LogP contribution in [0, 0.1) is 27.2 Å². The van der Waals surface area contributed by atoms with E-state index in [2.05, 4.69) is 5.32 Å². The quantitative estimate of drug-likeness (QED) is 0.623. The molecule has 0 fully saturated rings. The van der Waals surface area contributed by atoms with Crippen molar-refractivity contribution in [2.75, 3.05) is 11.9 Å². The summed E-state index contributed by atoms with van der Waals surface area (Å²) in [5.74, 6) is -2.91. The van der Waals surface area contributed by atoms with Crippen LogP contribution < -0.4 is 11.1 Å². The molecular weight excluding hydrogens is 284 g/mol. The first-order valence-electron chi connectivity index (χ1n) is 6.46. The standard InChI is InChI=1S/C13H17F2N3O3/c1-3-13(4-2,7-16)12(19)17-11-9(15)5-8(14)6-10(11)18(20)21/h5-6H,3-4,7,16H2,1-2H3,(H,17,19). The van der Waals surface area contributed by atoms with E-state index < -0.39 is 39.3 Å². The van der Waals surface area contributed by atoms with E-state index in [9.17, 15) is 23.7 Å². The number of halogens is 2. The van der Waals surface area contributed by atoms with Crippen LogP contribution in [0.25, 0.3) is 0 Å². The average molecular weight is 301 g/mol. The van der Waals surface area contributed by atoms with E-state index in [4.69, 9.17) is 5.73 Å². The van der Waals surface area contributed by atoms with Crippen LogP contribution in [0.3, 0.4) is 0 Å². The second-order valence-electron chi connectivity index (χ2n) is 4.68. The highest BCUT2D eigenvalue weighted by molar-refractivity contribution is 5.97. The van der Waals surface area contributed by atoms with Gasteiger partial charge in [-0.05, 0) is 12.8 Å². The second kappa shape index (κ2) is 6.57. The highest BCUT2D eigenvalue weighted by Gasteiger charge is 2.35. The van der Waals surface area contributed by atoms with Crippen molar-refractivity contribution in [3.8, 4) is 0 Å². The molecule has 0 bridgehead atoms. The van der Waals surface area contributed by atoms with Gasteiger partial charge in [0.2, 0.25) is 5.91 Å². The number of hydrogen-bond acceptors (Lipinski definition) is 4. The van der Waals surface area contributed by atoms with Gasteiger partial charge in [0, 0.05) is 12.6 Å². The SMILES string of the molecule is CCC(CC)(CN)C(=O)Nc1c(F)cc(F)cc1[N+](=O)[O-]. The van der Waals surface area contributed by atoms with Gasteiger partial charge in [-0.2, -0.15) is 0 Å². The third kappa shape index (κ3) is 3.33. The molecule has 0 aliphatic heterocycles. The Balaban J connectivity index is 3.24. The predicted molar refractivity (Wildman–Crippen MR) is 73.7 cm³/mol. The number of nitrogens with two attached hydrogens (primary N) is 1. The lowest BCUT2D eigenvalue weighted by molar-refractivity contribution is -0.384. The van der Waals surface area contributed by atoms with E-state index in [0.717, 1.165) is 0 Å². The van der Waals surface area contributed by atoms with Crippen molar-refractivity contribution in [1.82, 2.24) is 0 Å². The topological polar surface area (TPSA) is 98.3 Å². The molecule has 0 aliphatic carbocycles. The number of anilines is 1. The number of amides is 1. The number of rotatable bonds is 6. The summed E-state index contributed by atoms with van der Waals surface area (Å²) in [6, 6.07) is 1.03. The fraction of sp³-hybridized carbons (Fsp3) is 0.462. The van der Waals surface area contributed by atoms with Gasteiger partial charge in [0.05, 0.1) is 16.4 Å². The van der Waals surface area contributed by atoms with Crippen molar-refractivity contribution in [2.24, 2.45) is 11.1 Å². The zero-order chi connectivity index (χ0) is 16.2. The Morgan fingerprint density at radius 3 is 2.38 bits per heavy atom. The summed E-state index contributed by atoms with van der Waals surface area (Å²) in [7, 11) is 0. The van der Waals surface area contributed by atoms with Crippen LogP contribution in [0.4, 0.5) is 20.2 Å². The van der Waals surface area contributed by atoms with E-state index >= 15 is 0 Å². The molecule has 1 aromatic carbocycles. The van der Waals surface area contributed by atoms with E-state index in [-0.39, 0.29) is 6.54 Å². The van der Waals surface area contributed by atoms with E-state index in [1.54, 1.807) is 13.8 Å². The zero-order valence-corrected chi connectivity index (χ0v) is 11.8. The van der Waals surface area contributed by atoms with Gasteiger partial charge in [0.1, 0.15) is 5.82 Å². The minimum atomic E-state index is -1.20. The molecule has 0 saturated heterocycles. The lowest BCUT2D eigenvalue weighted by atomic mass is 9.81. The summed E-state index contributed by atoms with van der Waals surface area (Å²) in [6.45, 7) is 3.50. The highest BCUT2D eigenvalue weighted by atomic mass is 19.1. The van der Waals surface area contributed by atoms with E-state index in [1.165, 1.54) is 0 Å². The maximum absolute atomic E-state index is 13.7. The molecular formula is C13H17F2N3O3. The van der Waals surface area contributed by atoms with Crippen LogP contribution in [0.2, 0.25) is 0 Å². The number of nitro benzene ring substituents is 1. The molecule has 8 heteroatoms. The van der Waals surface area contributed by atoms with Crippen molar-refractivity contribution in [2.45, 2.75) is 26.7 Å². The molecule has 0 radical (unpaired) electrons. The molecule has 0 atom stereocenters. The van der Waals surface area contributed by atoms with Gasteiger partial charge in [0.15, 0.2) is 11.5 Å². The first-order chi connectivity index (χ1) is 9.81. The first-order valence-corrected chi connectivity index (χ1v) is 6.46. The van der Waals surface area contributed by atoms with Gasteiger partial charge in [-0.25, -0.2) is 8.78 Å². The molecule has 0 unspecified atom stereocenters. The molecule has 0 aliphatic rings. The van der Waals surface area contributed by atoms with Gasteiger partial charge >= 0.3 is 0 Å². The van der Waals surface area contributed by atoms with Crippen molar-refractivity contribution < 1.29 is 18.5 Å². The van der Waals surface area contributed by atoms with Crippen LogP contribution in [-0.4, -0.2) is 17.4 Å². The molecule has 0 saturated carbocycles. The van der Waals surface area contributed by atoms with Crippen LogP contribution in [0.5, 0.6) is 0 Å². The van der Waals surface area contributed by atoms with Crippen LogP contribution in [0.1, 0.15) is 26.7 Å². The summed E-state index contributed by atoms with van der Waals surface area (Å²) in [5, 5.41) is 13.0. The van der Waals surface area contributed by atoms with Gasteiger partial charge in [0.25, 0.3) is 5.69 Å². The number of benzene rings is 1. The Kier molecular flexibility index (Phi) is 5.31. The Bertz CT molecular complexity index is 552. The van der Waals surface area contributed by atoms with Crippen LogP contribution >= 0.6 is 0 Å². The number of nitrogens with zero attached hydrogens (tertiary/aromatic N) is 1. The number of nitrogens with one attached hydrogen (secondary N) is 1. The first kappa shape index (κ1) is 17.0. The Hall–Kier alpha value is -2.09. The lowest BCUT2D eigenvalue weighted by Gasteiger charge is -2.28. The molecule has 0 heterocycles. The summed E-state index contributed by atoms with van der Waals surface area (Å²) < 4.78 is 26.8. The lowest BCUT2D eigenvalue weighted by Crippen LogP contribution is -2.41. The summed E-state index contributed by atoms with van der Waals surface area (Å²) in [6.07, 6.45) is 0.783. The third-order valence-corrected chi connectivity index (χ3v) is 3.70. The van der Waals surface area contributed by atoms with E-state index in [0.29, 0.717) is 25.0 Å². The van der Waals surface area contributed by atoms with Gasteiger partial charge in [-0.1, -0.05) is 13.8 Å². The molecule has 1 aromatic rings. The normalized spacial score (nSPS) is 11.3. The number of carbonyl (C=O) groups excluding carboxylic acids is 1. The zero-order valence-electron chi connectivity index (χ0n) is 11.8.